The molecule has 0 saturated heterocycles. The van der Waals surface area contributed by atoms with Gasteiger partial charge in [0.15, 0.2) is 0 Å². The normalized spacial score (nSPS) is 13.3. The van der Waals surface area contributed by atoms with Crippen molar-refractivity contribution in [2.45, 2.75) is 24.8 Å². The van der Waals surface area contributed by atoms with Gasteiger partial charge in [-0.05, 0) is 32.0 Å². The lowest BCUT2D eigenvalue weighted by molar-refractivity contribution is 0.180. The molecule has 7 heteroatoms. The molecule has 19 heavy (non-hydrogen) atoms. The van der Waals surface area contributed by atoms with E-state index in [1.165, 1.54) is 13.2 Å². The van der Waals surface area contributed by atoms with E-state index >= 15 is 0 Å². The molecule has 0 aliphatic carbocycles. The number of rotatable bonds is 7. The van der Waals surface area contributed by atoms with Crippen LogP contribution in [-0.4, -0.2) is 34.8 Å². The predicted molar refractivity (Wildman–Crippen MR) is 74.3 cm³/mol. The molecule has 0 radical (unpaired) electrons. The first-order chi connectivity index (χ1) is 8.90. The summed E-state index contributed by atoms with van der Waals surface area (Å²) in [5.74, 6) is 0.281. The van der Waals surface area contributed by atoms with Crippen molar-refractivity contribution in [3.63, 3.8) is 0 Å². The topological polar surface area (TPSA) is 64.6 Å². The van der Waals surface area contributed by atoms with Crippen LogP contribution in [-0.2, 0) is 14.8 Å². The van der Waals surface area contributed by atoms with Crippen molar-refractivity contribution in [3.05, 3.63) is 23.2 Å². The number of hydrogen-bond donors (Lipinski definition) is 1. The average molecular weight is 308 g/mol. The summed E-state index contributed by atoms with van der Waals surface area (Å²) in [6.45, 7) is 4.15. The summed E-state index contributed by atoms with van der Waals surface area (Å²) in [5.41, 5.74) is 0. The van der Waals surface area contributed by atoms with Gasteiger partial charge in [0.2, 0.25) is 10.0 Å². The highest BCUT2D eigenvalue weighted by molar-refractivity contribution is 7.89. The van der Waals surface area contributed by atoms with Crippen molar-refractivity contribution in [2.24, 2.45) is 0 Å². The van der Waals surface area contributed by atoms with Crippen LogP contribution >= 0.6 is 11.6 Å². The van der Waals surface area contributed by atoms with Crippen molar-refractivity contribution in [3.8, 4) is 5.75 Å². The third-order valence-electron chi connectivity index (χ3n) is 2.27. The molecule has 1 atom stereocenters. The Bertz CT molecular complexity index is 518. The van der Waals surface area contributed by atoms with E-state index in [2.05, 4.69) is 4.72 Å². The molecule has 0 amide bonds. The number of benzene rings is 1. The van der Waals surface area contributed by atoms with Gasteiger partial charge in [-0.25, -0.2) is 13.1 Å². The van der Waals surface area contributed by atoms with Crippen LogP contribution in [0.2, 0.25) is 5.02 Å². The average Bonchev–Trinajstić information content (AvgIpc) is 2.31. The summed E-state index contributed by atoms with van der Waals surface area (Å²) in [7, 11) is -2.19. The Morgan fingerprint density at radius 3 is 2.68 bits per heavy atom. The van der Waals surface area contributed by atoms with E-state index in [0.29, 0.717) is 11.6 Å². The molecule has 1 aromatic rings. The van der Waals surface area contributed by atoms with Gasteiger partial charge in [0.05, 0.1) is 13.2 Å². The molecule has 0 spiro atoms. The van der Waals surface area contributed by atoms with Crippen LogP contribution in [0.5, 0.6) is 5.75 Å². The zero-order valence-corrected chi connectivity index (χ0v) is 12.7. The fraction of sp³-hybridized carbons (Fsp3) is 0.500. The summed E-state index contributed by atoms with van der Waals surface area (Å²) in [4.78, 5) is 0.0322. The molecule has 0 fully saturated rings. The van der Waals surface area contributed by atoms with Crippen molar-refractivity contribution < 1.29 is 17.9 Å². The van der Waals surface area contributed by atoms with Gasteiger partial charge in [-0.1, -0.05) is 11.6 Å². The molecular weight excluding hydrogens is 290 g/mol. The van der Waals surface area contributed by atoms with Crippen LogP contribution in [0, 0.1) is 0 Å². The third-order valence-corrected chi connectivity index (χ3v) is 4.11. The standard InChI is InChI=1S/C12H18ClNO4S/c1-4-18-11-6-5-10(13)7-12(11)19(15,16)14-9(2)8-17-3/h5-7,9,14H,4,8H2,1-3H3/t9-/m1/s1. The number of methoxy groups -OCH3 is 1. The number of sulfonamides is 1. The monoisotopic (exact) mass is 307 g/mol. The van der Waals surface area contributed by atoms with E-state index in [-0.39, 0.29) is 23.3 Å². The maximum atomic E-state index is 12.3. The lowest BCUT2D eigenvalue weighted by atomic mass is 10.3. The van der Waals surface area contributed by atoms with Crippen LogP contribution < -0.4 is 9.46 Å². The van der Waals surface area contributed by atoms with Crippen molar-refractivity contribution in [1.29, 1.82) is 0 Å². The Morgan fingerprint density at radius 2 is 2.11 bits per heavy atom. The molecule has 1 rings (SSSR count). The molecule has 0 aliphatic heterocycles. The van der Waals surface area contributed by atoms with Gasteiger partial charge in [-0.3, -0.25) is 0 Å². The van der Waals surface area contributed by atoms with Crippen LogP contribution in [0.3, 0.4) is 0 Å². The van der Waals surface area contributed by atoms with Gasteiger partial charge in [-0.2, -0.15) is 0 Å². The smallest absolute Gasteiger partial charge is 0.244 e. The predicted octanol–water partition coefficient (Wildman–Crippen LogP) is 2.05. The zero-order chi connectivity index (χ0) is 14.5. The van der Waals surface area contributed by atoms with E-state index in [1.807, 2.05) is 0 Å². The number of ether oxygens (including phenoxy) is 2. The van der Waals surface area contributed by atoms with Gasteiger partial charge in [-0.15, -0.1) is 0 Å². The van der Waals surface area contributed by atoms with E-state index in [1.54, 1.807) is 26.0 Å². The van der Waals surface area contributed by atoms with E-state index in [0.717, 1.165) is 0 Å². The Hall–Kier alpha value is -0.820. The fourth-order valence-corrected chi connectivity index (χ4v) is 3.21. The van der Waals surface area contributed by atoms with E-state index in [9.17, 15) is 8.42 Å². The summed E-state index contributed by atoms with van der Waals surface area (Å²) in [5, 5.41) is 0.336. The SMILES string of the molecule is CCOc1ccc(Cl)cc1S(=O)(=O)N[C@H](C)COC. The molecule has 0 unspecified atom stereocenters. The molecule has 0 saturated carbocycles. The summed E-state index contributed by atoms with van der Waals surface area (Å²) >= 11 is 5.85. The maximum Gasteiger partial charge on any atom is 0.244 e. The molecule has 108 valence electrons. The molecule has 0 heterocycles. The molecule has 1 N–H and O–H groups in total. The second-order valence-corrected chi connectivity index (χ2v) is 6.12. The third kappa shape index (κ3) is 4.65. The largest absolute Gasteiger partial charge is 0.492 e. The molecule has 1 aromatic carbocycles. The van der Waals surface area contributed by atoms with Crippen molar-refractivity contribution in [1.82, 2.24) is 4.72 Å². The fourth-order valence-electron chi connectivity index (χ4n) is 1.58. The number of halogens is 1. The number of hydrogen-bond acceptors (Lipinski definition) is 4. The van der Waals surface area contributed by atoms with Gasteiger partial charge < -0.3 is 9.47 Å². The molecule has 0 bridgehead atoms. The minimum atomic E-state index is -3.70. The van der Waals surface area contributed by atoms with E-state index < -0.39 is 10.0 Å². The second-order valence-electron chi connectivity index (χ2n) is 4.00. The number of nitrogens with one attached hydrogen (secondary N) is 1. The molecular formula is C12H18ClNO4S. The first-order valence-electron chi connectivity index (χ1n) is 5.84. The lowest BCUT2D eigenvalue weighted by Gasteiger charge is -2.16. The Labute approximate surface area is 118 Å². The quantitative estimate of drug-likeness (QED) is 0.837. The van der Waals surface area contributed by atoms with Crippen LogP contribution in [0.15, 0.2) is 23.1 Å². The Kier molecular flexibility index (Phi) is 6.06. The first kappa shape index (κ1) is 16.2. The van der Waals surface area contributed by atoms with Gasteiger partial charge in [0.1, 0.15) is 10.6 Å². The van der Waals surface area contributed by atoms with Crippen LogP contribution in [0.1, 0.15) is 13.8 Å². The van der Waals surface area contributed by atoms with Gasteiger partial charge in [0, 0.05) is 18.2 Å². The summed E-state index contributed by atoms with van der Waals surface area (Å²) in [6.07, 6.45) is 0. The minimum absolute atomic E-state index is 0.0322. The van der Waals surface area contributed by atoms with Crippen LogP contribution in [0.25, 0.3) is 0 Å². The van der Waals surface area contributed by atoms with Crippen molar-refractivity contribution in [2.75, 3.05) is 20.3 Å². The Balaban J connectivity index is 3.08. The summed E-state index contributed by atoms with van der Waals surface area (Å²) in [6, 6.07) is 4.16. The van der Waals surface area contributed by atoms with Gasteiger partial charge in [0.25, 0.3) is 0 Å². The highest BCUT2D eigenvalue weighted by atomic mass is 35.5. The highest BCUT2D eigenvalue weighted by Gasteiger charge is 2.22. The lowest BCUT2D eigenvalue weighted by Crippen LogP contribution is -2.35. The maximum absolute atomic E-state index is 12.3. The highest BCUT2D eigenvalue weighted by Crippen LogP contribution is 2.27. The van der Waals surface area contributed by atoms with Crippen molar-refractivity contribution >= 4 is 21.6 Å². The minimum Gasteiger partial charge on any atom is -0.492 e. The second kappa shape index (κ2) is 7.09. The van der Waals surface area contributed by atoms with E-state index in [4.69, 9.17) is 21.1 Å². The first-order valence-corrected chi connectivity index (χ1v) is 7.70. The molecule has 0 aliphatic rings. The zero-order valence-electron chi connectivity index (χ0n) is 11.1. The molecule has 0 aromatic heterocycles. The summed E-state index contributed by atoms with van der Waals surface area (Å²) < 4.78 is 37.2. The molecule has 5 nitrogen and oxygen atoms in total. The van der Waals surface area contributed by atoms with Gasteiger partial charge >= 0.3 is 0 Å². The van der Waals surface area contributed by atoms with Crippen LogP contribution in [0.4, 0.5) is 0 Å². The Morgan fingerprint density at radius 1 is 1.42 bits per heavy atom.